The molecule has 0 N–H and O–H groups in total. The van der Waals surface area contributed by atoms with Gasteiger partial charge >= 0.3 is 6.18 Å². The van der Waals surface area contributed by atoms with Gasteiger partial charge in [-0.1, -0.05) is 28.4 Å². The Morgan fingerprint density at radius 3 is 2.35 bits per heavy atom. The minimum Gasteiger partial charge on any atom is -0.219 e. The largest absolute Gasteiger partial charge is 0.417 e. The van der Waals surface area contributed by atoms with Gasteiger partial charge in [-0.2, -0.15) is 13.2 Å². The van der Waals surface area contributed by atoms with Crippen LogP contribution in [0.3, 0.4) is 0 Å². The summed E-state index contributed by atoms with van der Waals surface area (Å²) in [6, 6.07) is 1.86. The SMILES string of the molecule is FC(F)(F)c1cc(-n2ccnn2)c(Cl)cc1Cl. The van der Waals surface area contributed by atoms with Crippen molar-refractivity contribution in [3.05, 3.63) is 40.1 Å². The highest BCUT2D eigenvalue weighted by Gasteiger charge is 2.34. The topological polar surface area (TPSA) is 30.7 Å². The summed E-state index contributed by atoms with van der Waals surface area (Å²) in [6.45, 7) is 0. The summed E-state index contributed by atoms with van der Waals surface area (Å²) >= 11 is 11.3. The van der Waals surface area contributed by atoms with Crippen molar-refractivity contribution in [2.24, 2.45) is 0 Å². The van der Waals surface area contributed by atoms with Gasteiger partial charge in [0.25, 0.3) is 0 Å². The number of nitrogens with zero attached hydrogens (tertiary/aromatic N) is 3. The van der Waals surface area contributed by atoms with Crippen LogP contribution >= 0.6 is 23.2 Å². The second-order valence-electron chi connectivity index (χ2n) is 3.13. The molecule has 0 unspecified atom stereocenters. The number of halogens is 5. The van der Waals surface area contributed by atoms with Crippen molar-refractivity contribution >= 4 is 23.2 Å². The van der Waals surface area contributed by atoms with E-state index in [0.717, 1.165) is 16.8 Å². The standard InChI is InChI=1S/C9H4Cl2F3N3/c10-6-4-7(11)8(17-2-1-15-16-17)3-5(6)9(12,13)14/h1-4H. The summed E-state index contributed by atoms with van der Waals surface area (Å²) in [5, 5.41) is 6.68. The van der Waals surface area contributed by atoms with E-state index in [1.807, 2.05) is 0 Å². The van der Waals surface area contributed by atoms with Gasteiger partial charge in [-0.25, -0.2) is 4.68 Å². The molecule has 1 aromatic carbocycles. The molecule has 1 aromatic heterocycles. The Labute approximate surface area is 104 Å². The molecule has 2 aromatic rings. The molecule has 8 heteroatoms. The summed E-state index contributed by atoms with van der Waals surface area (Å²) in [5.41, 5.74) is -0.894. The van der Waals surface area contributed by atoms with Crippen LogP contribution in [0.2, 0.25) is 10.0 Å². The molecule has 0 amide bonds. The highest BCUT2D eigenvalue weighted by Crippen LogP contribution is 2.38. The first-order valence-corrected chi connectivity index (χ1v) is 5.08. The van der Waals surface area contributed by atoms with Crippen molar-refractivity contribution in [3.63, 3.8) is 0 Å². The molecule has 0 saturated carbocycles. The summed E-state index contributed by atoms with van der Waals surface area (Å²) in [6.07, 6.45) is -1.83. The Bertz CT molecular complexity index is 537. The lowest BCUT2D eigenvalue weighted by molar-refractivity contribution is -0.137. The van der Waals surface area contributed by atoms with E-state index >= 15 is 0 Å². The predicted molar refractivity (Wildman–Crippen MR) is 56.4 cm³/mol. The van der Waals surface area contributed by atoms with Crippen molar-refractivity contribution in [1.29, 1.82) is 0 Å². The zero-order valence-corrected chi connectivity index (χ0v) is 9.55. The Kier molecular flexibility index (Phi) is 3.01. The Morgan fingerprint density at radius 1 is 1.12 bits per heavy atom. The first-order chi connectivity index (χ1) is 7.89. The third kappa shape index (κ3) is 2.37. The Morgan fingerprint density at radius 2 is 1.82 bits per heavy atom. The maximum atomic E-state index is 12.6. The molecule has 1 heterocycles. The van der Waals surface area contributed by atoms with Crippen LogP contribution in [-0.4, -0.2) is 15.0 Å². The van der Waals surface area contributed by atoms with Crippen LogP contribution in [0.4, 0.5) is 13.2 Å². The molecule has 90 valence electrons. The summed E-state index contributed by atoms with van der Waals surface area (Å²) < 4.78 is 39.0. The van der Waals surface area contributed by atoms with Gasteiger partial charge in [0.1, 0.15) is 0 Å². The van der Waals surface area contributed by atoms with Crippen LogP contribution in [0.1, 0.15) is 5.56 Å². The molecule has 2 rings (SSSR count). The van der Waals surface area contributed by atoms with Gasteiger partial charge in [-0.15, -0.1) is 5.10 Å². The maximum Gasteiger partial charge on any atom is 0.417 e. The van der Waals surface area contributed by atoms with Gasteiger partial charge < -0.3 is 0 Å². The van der Waals surface area contributed by atoms with E-state index in [2.05, 4.69) is 10.3 Å². The third-order valence-electron chi connectivity index (χ3n) is 2.01. The van der Waals surface area contributed by atoms with Crippen molar-refractivity contribution in [2.75, 3.05) is 0 Å². The number of hydrogen-bond donors (Lipinski definition) is 0. The molecule has 17 heavy (non-hydrogen) atoms. The van der Waals surface area contributed by atoms with Crippen LogP contribution in [0.25, 0.3) is 5.69 Å². The molecule has 0 atom stereocenters. The first kappa shape index (κ1) is 12.2. The summed E-state index contributed by atoms with van der Waals surface area (Å²) in [4.78, 5) is 0. The van der Waals surface area contributed by atoms with E-state index < -0.39 is 16.8 Å². The minimum absolute atomic E-state index is 0.0634. The zero-order chi connectivity index (χ0) is 12.6. The average molecular weight is 282 g/mol. The molecule has 0 aliphatic heterocycles. The smallest absolute Gasteiger partial charge is 0.219 e. The number of aromatic nitrogens is 3. The van der Waals surface area contributed by atoms with Crippen molar-refractivity contribution in [1.82, 2.24) is 15.0 Å². The van der Waals surface area contributed by atoms with E-state index in [1.54, 1.807) is 0 Å². The molecule has 0 aliphatic carbocycles. The van der Waals surface area contributed by atoms with Crippen molar-refractivity contribution < 1.29 is 13.2 Å². The van der Waals surface area contributed by atoms with E-state index in [4.69, 9.17) is 23.2 Å². The van der Waals surface area contributed by atoms with Gasteiger partial charge in [-0.05, 0) is 12.1 Å². The molecular weight excluding hydrogens is 278 g/mol. The van der Waals surface area contributed by atoms with Crippen molar-refractivity contribution in [2.45, 2.75) is 6.18 Å². The number of rotatable bonds is 1. The van der Waals surface area contributed by atoms with Crippen LogP contribution < -0.4 is 0 Å². The second-order valence-corrected chi connectivity index (χ2v) is 3.94. The molecule has 0 aliphatic rings. The maximum absolute atomic E-state index is 12.6. The molecule has 0 spiro atoms. The lowest BCUT2D eigenvalue weighted by Crippen LogP contribution is -2.08. The highest BCUT2D eigenvalue weighted by atomic mass is 35.5. The fourth-order valence-electron chi connectivity index (χ4n) is 1.27. The second kappa shape index (κ2) is 4.19. The number of alkyl halides is 3. The average Bonchev–Trinajstić information content (AvgIpc) is 2.68. The monoisotopic (exact) mass is 281 g/mol. The lowest BCUT2D eigenvalue weighted by Gasteiger charge is -2.12. The fraction of sp³-hybridized carbons (Fsp3) is 0.111. The minimum atomic E-state index is -4.54. The molecule has 0 radical (unpaired) electrons. The molecule has 0 fully saturated rings. The summed E-state index contributed by atoms with van der Waals surface area (Å²) in [7, 11) is 0. The van der Waals surface area contributed by atoms with Gasteiger partial charge in [0, 0.05) is 0 Å². The first-order valence-electron chi connectivity index (χ1n) is 4.32. The molecule has 0 saturated heterocycles. The fourth-order valence-corrected chi connectivity index (χ4v) is 1.84. The van der Waals surface area contributed by atoms with Crippen molar-refractivity contribution in [3.8, 4) is 5.69 Å². The van der Waals surface area contributed by atoms with E-state index in [-0.39, 0.29) is 10.7 Å². The van der Waals surface area contributed by atoms with Gasteiger partial charge in [-0.3, -0.25) is 0 Å². The highest BCUT2D eigenvalue weighted by molar-refractivity contribution is 6.36. The van der Waals surface area contributed by atoms with Gasteiger partial charge in [0.15, 0.2) is 0 Å². The van der Waals surface area contributed by atoms with E-state index in [9.17, 15) is 13.2 Å². The quantitative estimate of drug-likeness (QED) is 0.800. The normalized spacial score (nSPS) is 11.8. The van der Waals surface area contributed by atoms with Gasteiger partial charge in [0.05, 0.1) is 33.7 Å². The Hall–Kier alpha value is -1.27. The molecule has 0 bridgehead atoms. The van der Waals surface area contributed by atoms with Crippen LogP contribution in [0.15, 0.2) is 24.5 Å². The number of hydrogen-bond acceptors (Lipinski definition) is 2. The van der Waals surface area contributed by atoms with E-state index in [1.165, 1.54) is 12.4 Å². The number of benzene rings is 1. The zero-order valence-electron chi connectivity index (χ0n) is 8.04. The van der Waals surface area contributed by atoms with Gasteiger partial charge in [0.2, 0.25) is 0 Å². The Balaban J connectivity index is 2.62. The molecule has 3 nitrogen and oxygen atoms in total. The van der Waals surface area contributed by atoms with Crippen LogP contribution in [-0.2, 0) is 6.18 Å². The summed E-state index contributed by atoms with van der Waals surface area (Å²) in [5.74, 6) is 0. The van der Waals surface area contributed by atoms with E-state index in [0.29, 0.717) is 0 Å². The third-order valence-corrected chi connectivity index (χ3v) is 2.63. The van der Waals surface area contributed by atoms with Crippen LogP contribution in [0.5, 0.6) is 0 Å². The predicted octanol–water partition coefficient (Wildman–Crippen LogP) is 3.59. The lowest BCUT2D eigenvalue weighted by atomic mass is 10.2. The van der Waals surface area contributed by atoms with Crippen LogP contribution in [0, 0.1) is 0 Å². The molecular formula is C9H4Cl2F3N3.